The zero-order valence-electron chi connectivity index (χ0n) is 8.94. The summed E-state index contributed by atoms with van der Waals surface area (Å²) < 4.78 is 0. The summed E-state index contributed by atoms with van der Waals surface area (Å²) in [6, 6.07) is 0. The normalized spacial score (nSPS) is 12.0. The molecule has 0 heterocycles. The number of rotatable bonds is 6. The second-order valence-electron chi connectivity index (χ2n) is 4.26. The van der Waals surface area contributed by atoms with Crippen molar-refractivity contribution in [2.45, 2.75) is 34.1 Å². The molecule has 1 N–H and O–H groups in total. The minimum atomic E-state index is 0.477. The molecule has 74 valence electrons. The molecule has 0 rings (SSSR count). The number of hydrogen-bond donors (Lipinski definition) is 1. The lowest BCUT2D eigenvalue weighted by Gasteiger charge is -2.17. The van der Waals surface area contributed by atoms with Crippen LogP contribution in [0.25, 0.3) is 0 Å². The Morgan fingerprint density at radius 2 is 1.83 bits per heavy atom. The van der Waals surface area contributed by atoms with E-state index >= 15 is 0 Å². The molecule has 0 saturated heterocycles. The van der Waals surface area contributed by atoms with E-state index in [0.29, 0.717) is 5.41 Å². The standard InChI is InChI=1S/C10H23NS/c1-5-12-9-8-11-7-6-10(2,3)4/h11H,5-9H2,1-4H3. The molecule has 0 aliphatic rings. The van der Waals surface area contributed by atoms with Gasteiger partial charge in [-0.3, -0.25) is 0 Å². The summed E-state index contributed by atoms with van der Waals surface area (Å²) in [4.78, 5) is 0. The molecule has 1 nitrogen and oxygen atoms in total. The van der Waals surface area contributed by atoms with Crippen LogP contribution in [-0.2, 0) is 0 Å². The van der Waals surface area contributed by atoms with Crippen LogP contribution in [-0.4, -0.2) is 24.6 Å². The first-order valence-electron chi connectivity index (χ1n) is 4.85. The third-order valence-corrected chi connectivity index (χ3v) is 2.58. The van der Waals surface area contributed by atoms with E-state index in [1.807, 2.05) is 11.8 Å². The highest BCUT2D eigenvalue weighted by atomic mass is 32.2. The molecule has 0 fully saturated rings. The maximum Gasteiger partial charge on any atom is 0.00579 e. The average Bonchev–Trinajstić information content (AvgIpc) is 1.94. The summed E-state index contributed by atoms with van der Waals surface area (Å²) in [6.07, 6.45) is 1.27. The second kappa shape index (κ2) is 6.79. The van der Waals surface area contributed by atoms with Gasteiger partial charge in [0, 0.05) is 12.3 Å². The van der Waals surface area contributed by atoms with Crippen LogP contribution in [0, 0.1) is 5.41 Å². The van der Waals surface area contributed by atoms with Gasteiger partial charge in [-0.2, -0.15) is 11.8 Å². The second-order valence-corrected chi connectivity index (χ2v) is 5.65. The molecular weight excluding hydrogens is 166 g/mol. The zero-order valence-corrected chi connectivity index (χ0v) is 9.76. The molecule has 0 radical (unpaired) electrons. The number of hydrogen-bond acceptors (Lipinski definition) is 2. The highest BCUT2D eigenvalue weighted by Crippen LogP contribution is 2.16. The Morgan fingerprint density at radius 1 is 1.17 bits per heavy atom. The summed E-state index contributed by atoms with van der Waals surface area (Å²) in [5.74, 6) is 2.49. The van der Waals surface area contributed by atoms with Gasteiger partial charge in [-0.05, 0) is 24.1 Å². The first-order chi connectivity index (χ1) is 5.56. The van der Waals surface area contributed by atoms with Crippen LogP contribution in [0.3, 0.4) is 0 Å². The van der Waals surface area contributed by atoms with Gasteiger partial charge in [-0.15, -0.1) is 0 Å². The van der Waals surface area contributed by atoms with Gasteiger partial charge >= 0.3 is 0 Å². The Balaban J connectivity index is 3.01. The highest BCUT2D eigenvalue weighted by molar-refractivity contribution is 7.99. The Kier molecular flexibility index (Phi) is 6.96. The largest absolute Gasteiger partial charge is 0.316 e. The van der Waals surface area contributed by atoms with Crippen molar-refractivity contribution in [1.29, 1.82) is 0 Å². The molecule has 0 aromatic rings. The van der Waals surface area contributed by atoms with E-state index in [9.17, 15) is 0 Å². The third kappa shape index (κ3) is 10.3. The van der Waals surface area contributed by atoms with Gasteiger partial charge in [0.2, 0.25) is 0 Å². The molecule has 0 aliphatic carbocycles. The Hall–Kier alpha value is 0.310. The first kappa shape index (κ1) is 12.3. The zero-order chi connectivity index (χ0) is 9.45. The predicted molar refractivity (Wildman–Crippen MR) is 59.9 cm³/mol. The Morgan fingerprint density at radius 3 is 2.33 bits per heavy atom. The minimum Gasteiger partial charge on any atom is -0.316 e. The van der Waals surface area contributed by atoms with Gasteiger partial charge < -0.3 is 5.32 Å². The molecule has 0 spiro atoms. The van der Waals surface area contributed by atoms with Crippen molar-refractivity contribution in [3.63, 3.8) is 0 Å². The van der Waals surface area contributed by atoms with Crippen molar-refractivity contribution in [2.75, 3.05) is 24.6 Å². The molecular formula is C10H23NS. The van der Waals surface area contributed by atoms with Crippen LogP contribution in [0.2, 0.25) is 0 Å². The van der Waals surface area contributed by atoms with Gasteiger partial charge in [0.15, 0.2) is 0 Å². The van der Waals surface area contributed by atoms with Gasteiger partial charge in [0.25, 0.3) is 0 Å². The summed E-state index contributed by atoms with van der Waals surface area (Å²) >= 11 is 2.00. The van der Waals surface area contributed by atoms with E-state index < -0.39 is 0 Å². The molecule has 0 saturated carbocycles. The predicted octanol–water partition coefficient (Wildman–Crippen LogP) is 2.77. The van der Waals surface area contributed by atoms with E-state index in [0.717, 1.165) is 13.1 Å². The lowest BCUT2D eigenvalue weighted by Crippen LogP contribution is -2.22. The van der Waals surface area contributed by atoms with Crippen LogP contribution in [0.5, 0.6) is 0 Å². The van der Waals surface area contributed by atoms with Crippen molar-refractivity contribution < 1.29 is 0 Å². The van der Waals surface area contributed by atoms with Crippen molar-refractivity contribution in [3.8, 4) is 0 Å². The van der Waals surface area contributed by atoms with E-state index in [4.69, 9.17) is 0 Å². The van der Waals surface area contributed by atoms with Crippen LogP contribution in [0.1, 0.15) is 34.1 Å². The van der Waals surface area contributed by atoms with Crippen molar-refractivity contribution in [2.24, 2.45) is 5.41 Å². The molecule has 0 bridgehead atoms. The van der Waals surface area contributed by atoms with Crippen molar-refractivity contribution in [3.05, 3.63) is 0 Å². The summed E-state index contributed by atoms with van der Waals surface area (Å²) in [5.41, 5.74) is 0.477. The first-order valence-corrected chi connectivity index (χ1v) is 6.00. The molecule has 2 heteroatoms. The van der Waals surface area contributed by atoms with Crippen LogP contribution in [0.4, 0.5) is 0 Å². The average molecular weight is 189 g/mol. The van der Waals surface area contributed by atoms with Crippen LogP contribution < -0.4 is 5.32 Å². The fourth-order valence-corrected chi connectivity index (χ4v) is 1.45. The third-order valence-electron chi connectivity index (χ3n) is 1.68. The molecule has 0 atom stereocenters. The van der Waals surface area contributed by atoms with E-state index in [-0.39, 0.29) is 0 Å². The molecule has 0 unspecified atom stereocenters. The molecule has 12 heavy (non-hydrogen) atoms. The monoisotopic (exact) mass is 189 g/mol. The Labute approximate surface area is 81.7 Å². The van der Waals surface area contributed by atoms with Crippen molar-refractivity contribution >= 4 is 11.8 Å². The summed E-state index contributed by atoms with van der Waals surface area (Å²) in [5, 5.41) is 3.46. The highest BCUT2D eigenvalue weighted by Gasteiger charge is 2.08. The lowest BCUT2D eigenvalue weighted by atomic mass is 9.92. The van der Waals surface area contributed by atoms with Crippen molar-refractivity contribution in [1.82, 2.24) is 5.32 Å². The fraction of sp³-hybridized carbons (Fsp3) is 1.00. The van der Waals surface area contributed by atoms with Gasteiger partial charge in [0.1, 0.15) is 0 Å². The minimum absolute atomic E-state index is 0.477. The maximum atomic E-state index is 3.46. The SMILES string of the molecule is CCSCCNCCC(C)(C)C. The summed E-state index contributed by atoms with van der Waals surface area (Å²) in [7, 11) is 0. The van der Waals surface area contributed by atoms with Gasteiger partial charge in [-0.25, -0.2) is 0 Å². The molecule has 0 aliphatic heterocycles. The topological polar surface area (TPSA) is 12.0 Å². The molecule has 0 aromatic carbocycles. The van der Waals surface area contributed by atoms with Gasteiger partial charge in [-0.1, -0.05) is 27.7 Å². The number of thioether (sulfide) groups is 1. The van der Waals surface area contributed by atoms with E-state index in [1.165, 1.54) is 17.9 Å². The van der Waals surface area contributed by atoms with Crippen LogP contribution in [0.15, 0.2) is 0 Å². The molecule has 0 aromatic heterocycles. The van der Waals surface area contributed by atoms with Crippen LogP contribution >= 0.6 is 11.8 Å². The number of nitrogens with one attached hydrogen (secondary N) is 1. The molecule has 0 amide bonds. The van der Waals surface area contributed by atoms with E-state index in [1.54, 1.807) is 0 Å². The quantitative estimate of drug-likeness (QED) is 0.645. The van der Waals surface area contributed by atoms with E-state index in [2.05, 4.69) is 33.0 Å². The fourth-order valence-electron chi connectivity index (χ4n) is 0.877. The van der Waals surface area contributed by atoms with Gasteiger partial charge in [0.05, 0.1) is 0 Å². The smallest absolute Gasteiger partial charge is 0.00579 e. The Bertz CT molecular complexity index is 96.5. The summed E-state index contributed by atoms with van der Waals surface area (Å²) in [6.45, 7) is 11.4. The lowest BCUT2D eigenvalue weighted by molar-refractivity contribution is 0.369. The maximum absolute atomic E-state index is 3.46.